The Labute approximate surface area is 96.3 Å². The van der Waals surface area contributed by atoms with E-state index < -0.39 is 5.41 Å². The van der Waals surface area contributed by atoms with E-state index in [1.807, 2.05) is 32.2 Å². The smallest absolute Gasteiger partial charge is 0.0518 e. The van der Waals surface area contributed by atoms with Crippen LogP contribution >= 0.6 is 0 Å². The summed E-state index contributed by atoms with van der Waals surface area (Å²) >= 11 is 0. The first-order valence-corrected chi connectivity index (χ1v) is 5.43. The van der Waals surface area contributed by atoms with Crippen LogP contribution in [-0.4, -0.2) is 35.0 Å². The van der Waals surface area contributed by atoms with Crippen molar-refractivity contribution in [1.29, 1.82) is 0 Å². The van der Waals surface area contributed by atoms with Gasteiger partial charge in [-0.3, -0.25) is 4.98 Å². The number of nitrogens with zero attached hydrogens (tertiary/aromatic N) is 1. The summed E-state index contributed by atoms with van der Waals surface area (Å²) in [4.78, 5) is 4.20. The lowest BCUT2D eigenvalue weighted by Gasteiger charge is -2.24. The zero-order chi connectivity index (χ0) is 12.0. The molecule has 0 saturated carbocycles. The largest absolute Gasteiger partial charge is 0.396 e. The maximum Gasteiger partial charge on any atom is 0.0518 e. The van der Waals surface area contributed by atoms with Crippen LogP contribution in [0.25, 0.3) is 0 Å². The number of aliphatic hydroxyl groups excluding tert-OH is 2. The highest BCUT2D eigenvalue weighted by atomic mass is 16.3. The SMILES string of the molecule is Cc1ccc(CNCC(C)(CO)CO)cn1. The van der Waals surface area contributed by atoms with Crippen molar-refractivity contribution in [2.24, 2.45) is 5.41 Å². The van der Waals surface area contributed by atoms with E-state index in [9.17, 15) is 0 Å². The lowest BCUT2D eigenvalue weighted by molar-refractivity contribution is 0.0695. The molecule has 0 atom stereocenters. The lowest BCUT2D eigenvalue weighted by Crippen LogP contribution is -2.37. The third-order valence-electron chi connectivity index (χ3n) is 2.62. The number of aromatic nitrogens is 1. The Morgan fingerprint density at radius 3 is 2.50 bits per heavy atom. The van der Waals surface area contributed by atoms with Crippen LogP contribution in [-0.2, 0) is 6.54 Å². The minimum atomic E-state index is -0.460. The van der Waals surface area contributed by atoms with Gasteiger partial charge in [0.15, 0.2) is 0 Å². The van der Waals surface area contributed by atoms with Crippen molar-refractivity contribution in [3.8, 4) is 0 Å². The Kier molecular flexibility index (Phi) is 4.86. The topological polar surface area (TPSA) is 65.4 Å². The van der Waals surface area contributed by atoms with Gasteiger partial charge in [0, 0.05) is 30.4 Å². The standard InChI is InChI=1S/C12H20N2O2/c1-10-3-4-11(6-14-10)5-13-7-12(2,8-15)9-16/h3-4,6,13,15-16H,5,7-9H2,1-2H3. The quantitative estimate of drug-likeness (QED) is 0.657. The first-order valence-electron chi connectivity index (χ1n) is 5.43. The average molecular weight is 224 g/mol. The number of hydrogen-bond donors (Lipinski definition) is 3. The van der Waals surface area contributed by atoms with E-state index in [4.69, 9.17) is 10.2 Å². The predicted octanol–water partition coefficient (Wildman–Crippen LogP) is 0.471. The molecule has 0 radical (unpaired) electrons. The Hall–Kier alpha value is -0.970. The monoisotopic (exact) mass is 224 g/mol. The molecule has 4 nitrogen and oxygen atoms in total. The van der Waals surface area contributed by atoms with E-state index >= 15 is 0 Å². The van der Waals surface area contributed by atoms with Crippen molar-refractivity contribution in [3.63, 3.8) is 0 Å². The minimum absolute atomic E-state index is 0.0252. The van der Waals surface area contributed by atoms with Gasteiger partial charge in [0.2, 0.25) is 0 Å². The molecular formula is C12H20N2O2. The third-order valence-corrected chi connectivity index (χ3v) is 2.62. The van der Waals surface area contributed by atoms with E-state index in [0.717, 1.165) is 11.3 Å². The number of hydrogen-bond acceptors (Lipinski definition) is 4. The number of rotatable bonds is 6. The van der Waals surface area contributed by atoms with Crippen molar-refractivity contribution >= 4 is 0 Å². The van der Waals surface area contributed by atoms with Gasteiger partial charge in [-0.15, -0.1) is 0 Å². The number of nitrogens with one attached hydrogen (secondary N) is 1. The minimum Gasteiger partial charge on any atom is -0.396 e. The van der Waals surface area contributed by atoms with Gasteiger partial charge in [-0.2, -0.15) is 0 Å². The van der Waals surface area contributed by atoms with Crippen molar-refractivity contribution in [2.75, 3.05) is 19.8 Å². The molecular weight excluding hydrogens is 204 g/mol. The van der Waals surface area contributed by atoms with Crippen LogP contribution in [0.1, 0.15) is 18.2 Å². The fourth-order valence-corrected chi connectivity index (χ4v) is 1.27. The second kappa shape index (κ2) is 5.94. The van der Waals surface area contributed by atoms with Gasteiger partial charge in [0.25, 0.3) is 0 Å². The maximum absolute atomic E-state index is 9.11. The summed E-state index contributed by atoms with van der Waals surface area (Å²) in [6.45, 7) is 5.02. The summed E-state index contributed by atoms with van der Waals surface area (Å²) in [6, 6.07) is 3.98. The van der Waals surface area contributed by atoms with Gasteiger partial charge in [0.1, 0.15) is 0 Å². The van der Waals surface area contributed by atoms with E-state index in [1.165, 1.54) is 0 Å². The van der Waals surface area contributed by atoms with Gasteiger partial charge in [-0.1, -0.05) is 13.0 Å². The van der Waals surface area contributed by atoms with Crippen LogP contribution in [0.4, 0.5) is 0 Å². The van der Waals surface area contributed by atoms with Gasteiger partial charge in [0.05, 0.1) is 13.2 Å². The third kappa shape index (κ3) is 3.89. The molecule has 0 saturated heterocycles. The molecule has 0 fully saturated rings. The molecule has 0 aromatic carbocycles. The first kappa shape index (κ1) is 13.1. The molecule has 0 aliphatic carbocycles. The normalized spacial score (nSPS) is 11.8. The zero-order valence-electron chi connectivity index (χ0n) is 9.90. The van der Waals surface area contributed by atoms with E-state index in [1.54, 1.807) is 0 Å². The molecule has 1 heterocycles. The van der Waals surface area contributed by atoms with Gasteiger partial charge in [-0.05, 0) is 18.6 Å². The number of aliphatic hydroxyl groups is 2. The number of pyridine rings is 1. The molecule has 0 spiro atoms. The summed E-state index contributed by atoms with van der Waals surface area (Å²) in [5, 5.41) is 21.4. The Morgan fingerprint density at radius 2 is 2.00 bits per heavy atom. The molecule has 0 unspecified atom stereocenters. The molecule has 4 heteroatoms. The van der Waals surface area contributed by atoms with Gasteiger partial charge < -0.3 is 15.5 Å². The molecule has 1 rings (SSSR count). The Balaban J connectivity index is 2.38. The molecule has 0 aliphatic heterocycles. The van der Waals surface area contributed by atoms with Crippen molar-refractivity contribution in [3.05, 3.63) is 29.6 Å². The molecule has 1 aromatic rings. The van der Waals surface area contributed by atoms with Crippen LogP contribution in [0.15, 0.2) is 18.3 Å². The highest BCUT2D eigenvalue weighted by molar-refractivity contribution is 5.12. The van der Waals surface area contributed by atoms with Gasteiger partial charge in [-0.25, -0.2) is 0 Å². The Morgan fingerprint density at radius 1 is 1.31 bits per heavy atom. The molecule has 0 aliphatic rings. The fraction of sp³-hybridized carbons (Fsp3) is 0.583. The zero-order valence-corrected chi connectivity index (χ0v) is 9.90. The Bertz CT molecular complexity index is 307. The van der Waals surface area contributed by atoms with E-state index in [2.05, 4.69) is 10.3 Å². The van der Waals surface area contributed by atoms with Crippen LogP contribution in [0, 0.1) is 12.3 Å². The van der Waals surface area contributed by atoms with E-state index in [0.29, 0.717) is 13.1 Å². The molecule has 0 bridgehead atoms. The summed E-state index contributed by atoms with van der Waals surface area (Å²) in [7, 11) is 0. The van der Waals surface area contributed by atoms with Gasteiger partial charge >= 0.3 is 0 Å². The van der Waals surface area contributed by atoms with Crippen molar-refractivity contribution in [2.45, 2.75) is 20.4 Å². The first-order chi connectivity index (χ1) is 7.59. The highest BCUT2D eigenvalue weighted by Gasteiger charge is 2.21. The van der Waals surface area contributed by atoms with Crippen LogP contribution in [0.2, 0.25) is 0 Å². The molecule has 1 aromatic heterocycles. The van der Waals surface area contributed by atoms with Crippen LogP contribution in [0.5, 0.6) is 0 Å². The highest BCUT2D eigenvalue weighted by Crippen LogP contribution is 2.12. The fourth-order valence-electron chi connectivity index (χ4n) is 1.27. The van der Waals surface area contributed by atoms with Crippen molar-refractivity contribution in [1.82, 2.24) is 10.3 Å². The van der Waals surface area contributed by atoms with E-state index in [-0.39, 0.29) is 13.2 Å². The lowest BCUT2D eigenvalue weighted by atomic mass is 9.93. The summed E-state index contributed by atoms with van der Waals surface area (Å²) in [6.07, 6.45) is 1.83. The summed E-state index contributed by atoms with van der Waals surface area (Å²) in [5.41, 5.74) is 1.64. The van der Waals surface area contributed by atoms with Crippen molar-refractivity contribution < 1.29 is 10.2 Å². The summed E-state index contributed by atoms with van der Waals surface area (Å²) < 4.78 is 0. The summed E-state index contributed by atoms with van der Waals surface area (Å²) in [5.74, 6) is 0. The average Bonchev–Trinajstić information content (AvgIpc) is 2.31. The maximum atomic E-state index is 9.11. The number of aryl methyl sites for hydroxylation is 1. The molecule has 16 heavy (non-hydrogen) atoms. The second-order valence-electron chi connectivity index (χ2n) is 4.54. The van der Waals surface area contributed by atoms with Crippen LogP contribution < -0.4 is 5.32 Å². The molecule has 0 amide bonds. The predicted molar refractivity (Wildman–Crippen MR) is 63.0 cm³/mol. The molecule has 90 valence electrons. The second-order valence-corrected chi connectivity index (χ2v) is 4.54. The van der Waals surface area contributed by atoms with Crippen LogP contribution in [0.3, 0.4) is 0 Å². The molecule has 3 N–H and O–H groups in total.